The second-order valence-electron chi connectivity index (χ2n) is 7.70. The third-order valence-electron chi connectivity index (χ3n) is 5.15. The quantitative estimate of drug-likeness (QED) is 0.784. The molecule has 1 aliphatic rings. The molecular weight excluding hydrogens is 366 g/mol. The molecule has 3 rings (SSSR count). The smallest absolute Gasteiger partial charge is 0.245 e. The Morgan fingerprint density at radius 2 is 1.93 bits per heavy atom. The monoisotopic (exact) mass is 393 g/mol. The highest BCUT2D eigenvalue weighted by Gasteiger charge is 2.31. The summed E-state index contributed by atoms with van der Waals surface area (Å²) in [6, 6.07) is 13.4. The van der Waals surface area contributed by atoms with Gasteiger partial charge < -0.3 is 20.3 Å². The predicted octanol–water partition coefficient (Wildman–Crippen LogP) is 2.94. The molecule has 2 aromatic rings. The van der Waals surface area contributed by atoms with Gasteiger partial charge in [-0.2, -0.15) is 5.26 Å². The normalized spacial score (nSPS) is 14.8. The molecule has 1 saturated heterocycles. The molecule has 0 saturated carbocycles. The van der Waals surface area contributed by atoms with Crippen LogP contribution < -0.4 is 20.3 Å². The van der Waals surface area contributed by atoms with Gasteiger partial charge in [0.05, 0.1) is 12.7 Å². The molecule has 0 aliphatic carbocycles. The number of ether oxygens (including phenoxy) is 1. The molecule has 2 heterocycles. The van der Waals surface area contributed by atoms with Crippen molar-refractivity contribution in [1.29, 1.82) is 5.26 Å². The summed E-state index contributed by atoms with van der Waals surface area (Å²) in [5, 5.41) is 15.7. The molecule has 1 amide bonds. The summed E-state index contributed by atoms with van der Waals surface area (Å²) < 4.78 is 5.17. The highest BCUT2D eigenvalue weighted by molar-refractivity contribution is 5.88. The van der Waals surface area contributed by atoms with E-state index in [2.05, 4.69) is 26.6 Å². The zero-order valence-corrected chi connectivity index (χ0v) is 17.1. The lowest BCUT2D eigenvalue weighted by Gasteiger charge is -2.35. The van der Waals surface area contributed by atoms with Gasteiger partial charge >= 0.3 is 0 Å². The van der Waals surface area contributed by atoms with Crippen LogP contribution in [0.3, 0.4) is 0 Å². The minimum Gasteiger partial charge on any atom is -0.497 e. The van der Waals surface area contributed by atoms with Crippen LogP contribution in [0.1, 0.15) is 32.3 Å². The van der Waals surface area contributed by atoms with Crippen molar-refractivity contribution in [2.24, 2.45) is 0 Å². The second-order valence-corrected chi connectivity index (χ2v) is 7.70. The lowest BCUT2D eigenvalue weighted by molar-refractivity contribution is -0.125. The fourth-order valence-corrected chi connectivity index (χ4v) is 3.43. The number of pyridine rings is 1. The Bertz CT molecular complexity index is 881. The Morgan fingerprint density at radius 3 is 2.55 bits per heavy atom. The lowest BCUT2D eigenvalue weighted by atomic mass is 9.99. The van der Waals surface area contributed by atoms with Crippen LogP contribution >= 0.6 is 0 Å². The van der Waals surface area contributed by atoms with Gasteiger partial charge in [-0.25, -0.2) is 4.98 Å². The van der Waals surface area contributed by atoms with Crippen molar-refractivity contribution >= 4 is 17.4 Å². The predicted molar refractivity (Wildman–Crippen MR) is 113 cm³/mol. The van der Waals surface area contributed by atoms with E-state index in [0.717, 1.165) is 43.2 Å². The number of hydrogen-bond acceptors (Lipinski definition) is 6. The van der Waals surface area contributed by atoms with Gasteiger partial charge in [-0.05, 0) is 63.1 Å². The lowest BCUT2D eigenvalue weighted by Crippen LogP contribution is -2.53. The number of piperidine rings is 1. The van der Waals surface area contributed by atoms with E-state index in [9.17, 15) is 10.1 Å². The van der Waals surface area contributed by atoms with E-state index in [1.54, 1.807) is 25.4 Å². The van der Waals surface area contributed by atoms with Crippen LogP contribution in [0.4, 0.5) is 11.5 Å². The number of anilines is 2. The topological polar surface area (TPSA) is 90.3 Å². The summed E-state index contributed by atoms with van der Waals surface area (Å²) in [5.41, 5.74) is 0.695. The first-order chi connectivity index (χ1) is 13.9. The molecule has 0 unspecified atom stereocenters. The van der Waals surface area contributed by atoms with Gasteiger partial charge in [-0.15, -0.1) is 0 Å². The number of rotatable bonds is 6. The maximum absolute atomic E-state index is 12.8. The van der Waals surface area contributed by atoms with Crippen LogP contribution in [0.25, 0.3) is 0 Å². The van der Waals surface area contributed by atoms with Crippen molar-refractivity contribution in [3.8, 4) is 11.8 Å². The zero-order chi connectivity index (χ0) is 20.9. The van der Waals surface area contributed by atoms with E-state index in [1.807, 2.05) is 38.1 Å². The molecule has 1 aliphatic heterocycles. The number of hydrogen-bond donors (Lipinski definition) is 2. The molecule has 1 aromatic carbocycles. The maximum Gasteiger partial charge on any atom is 0.245 e. The Balaban J connectivity index is 1.55. The average Bonchev–Trinajstić information content (AvgIpc) is 2.74. The molecule has 0 bridgehead atoms. The minimum absolute atomic E-state index is 0.0395. The number of nitrogens with zero attached hydrogens (tertiary/aromatic N) is 3. The van der Waals surface area contributed by atoms with E-state index in [4.69, 9.17) is 4.74 Å². The van der Waals surface area contributed by atoms with Gasteiger partial charge in [0.2, 0.25) is 5.91 Å². The van der Waals surface area contributed by atoms with Crippen LogP contribution in [0.5, 0.6) is 5.75 Å². The molecule has 2 N–H and O–H groups in total. The number of methoxy groups -OCH3 is 1. The Morgan fingerprint density at radius 1 is 1.24 bits per heavy atom. The Kier molecular flexibility index (Phi) is 6.23. The molecule has 152 valence electrons. The number of carbonyl (C=O) groups is 1. The number of carbonyl (C=O) groups excluding carboxylic acids is 1. The highest BCUT2D eigenvalue weighted by Crippen LogP contribution is 2.23. The molecule has 29 heavy (non-hydrogen) atoms. The Labute approximate surface area is 171 Å². The van der Waals surface area contributed by atoms with Gasteiger partial charge in [0.15, 0.2) is 0 Å². The molecule has 1 fully saturated rings. The summed E-state index contributed by atoms with van der Waals surface area (Å²) in [6.07, 6.45) is 3.33. The third-order valence-corrected chi connectivity index (χ3v) is 5.15. The van der Waals surface area contributed by atoms with Crippen LogP contribution in [-0.2, 0) is 4.79 Å². The van der Waals surface area contributed by atoms with E-state index in [0.29, 0.717) is 5.56 Å². The summed E-state index contributed by atoms with van der Waals surface area (Å²) >= 11 is 0. The number of nitriles is 1. The SMILES string of the molecule is COc1ccc(NC(C)(C)C(=O)NC2CCN(c3ncccc3C#N)CC2)cc1. The van der Waals surface area contributed by atoms with Crippen molar-refractivity contribution < 1.29 is 9.53 Å². The Hall–Kier alpha value is -3.27. The number of aromatic nitrogens is 1. The van der Waals surface area contributed by atoms with Crippen LogP contribution in [-0.4, -0.2) is 42.7 Å². The highest BCUT2D eigenvalue weighted by atomic mass is 16.5. The van der Waals surface area contributed by atoms with Crippen molar-refractivity contribution in [3.63, 3.8) is 0 Å². The van der Waals surface area contributed by atoms with E-state index in [-0.39, 0.29) is 11.9 Å². The first-order valence-corrected chi connectivity index (χ1v) is 9.76. The van der Waals surface area contributed by atoms with Crippen molar-refractivity contribution in [3.05, 3.63) is 48.2 Å². The second kappa shape index (κ2) is 8.82. The summed E-state index contributed by atoms with van der Waals surface area (Å²) in [4.78, 5) is 19.3. The van der Waals surface area contributed by atoms with Crippen molar-refractivity contribution in [2.75, 3.05) is 30.4 Å². The summed E-state index contributed by atoms with van der Waals surface area (Å²) in [7, 11) is 1.63. The average molecular weight is 393 g/mol. The largest absolute Gasteiger partial charge is 0.497 e. The van der Waals surface area contributed by atoms with Crippen molar-refractivity contribution in [1.82, 2.24) is 10.3 Å². The van der Waals surface area contributed by atoms with Gasteiger partial charge in [0.25, 0.3) is 0 Å². The minimum atomic E-state index is -0.749. The fraction of sp³-hybridized carbons (Fsp3) is 0.409. The first-order valence-electron chi connectivity index (χ1n) is 9.76. The molecule has 7 nitrogen and oxygen atoms in total. The summed E-state index contributed by atoms with van der Waals surface area (Å²) in [6.45, 7) is 5.25. The third kappa shape index (κ3) is 4.96. The van der Waals surface area contributed by atoms with Gasteiger partial charge in [-0.1, -0.05) is 0 Å². The standard InChI is InChI=1S/C22H27N5O2/c1-22(2,26-18-6-8-19(29-3)9-7-18)21(28)25-17-10-13-27(14-11-17)20-16(15-23)5-4-12-24-20/h4-9,12,17,26H,10-11,13-14H2,1-3H3,(H,25,28). The van der Waals surface area contributed by atoms with Gasteiger partial charge in [0, 0.05) is 31.0 Å². The first kappa shape index (κ1) is 20.5. The molecule has 0 atom stereocenters. The van der Waals surface area contributed by atoms with E-state index < -0.39 is 5.54 Å². The number of benzene rings is 1. The fourth-order valence-electron chi connectivity index (χ4n) is 3.43. The van der Waals surface area contributed by atoms with E-state index >= 15 is 0 Å². The van der Waals surface area contributed by atoms with Gasteiger partial charge in [-0.3, -0.25) is 4.79 Å². The molecule has 0 spiro atoms. The summed E-state index contributed by atoms with van der Waals surface area (Å²) in [5.74, 6) is 1.46. The van der Waals surface area contributed by atoms with E-state index in [1.165, 1.54) is 0 Å². The molecule has 7 heteroatoms. The number of nitrogens with one attached hydrogen (secondary N) is 2. The van der Waals surface area contributed by atoms with Crippen molar-refractivity contribution in [2.45, 2.75) is 38.3 Å². The van der Waals surface area contributed by atoms with Gasteiger partial charge in [0.1, 0.15) is 23.2 Å². The number of amides is 1. The van der Waals surface area contributed by atoms with Crippen LogP contribution in [0, 0.1) is 11.3 Å². The van der Waals surface area contributed by atoms with Crippen LogP contribution in [0.2, 0.25) is 0 Å². The molecular formula is C22H27N5O2. The molecule has 1 aromatic heterocycles. The zero-order valence-electron chi connectivity index (χ0n) is 17.1. The van der Waals surface area contributed by atoms with Crippen LogP contribution in [0.15, 0.2) is 42.6 Å². The maximum atomic E-state index is 12.8. The molecule has 0 radical (unpaired) electrons.